The molecule has 5 nitrogen and oxygen atoms in total. The van der Waals surface area contributed by atoms with Gasteiger partial charge in [-0.25, -0.2) is 4.98 Å². The summed E-state index contributed by atoms with van der Waals surface area (Å²) in [6, 6.07) is 15.4. The highest BCUT2D eigenvalue weighted by Crippen LogP contribution is 2.39. The average Bonchev–Trinajstić information content (AvgIpc) is 3.17. The minimum atomic E-state index is -0.211. The molecule has 2 unspecified atom stereocenters. The highest BCUT2D eigenvalue weighted by Gasteiger charge is 2.28. The van der Waals surface area contributed by atoms with Crippen LogP contribution in [0.3, 0.4) is 0 Å². The minimum absolute atomic E-state index is 0.203. The number of benzene rings is 2. The van der Waals surface area contributed by atoms with Crippen LogP contribution in [0.4, 0.5) is 0 Å². The van der Waals surface area contributed by atoms with Gasteiger partial charge in [-0.15, -0.1) is 11.3 Å². The molecule has 3 heterocycles. The molecule has 6 heteroatoms. The predicted molar refractivity (Wildman–Crippen MR) is 92.7 cm³/mol. The molecule has 0 spiro atoms. The van der Waals surface area contributed by atoms with E-state index in [1.807, 2.05) is 53.9 Å². The second-order valence-corrected chi connectivity index (χ2v) is 6.73. The number of rotatable bonds is 2. The molecule has 3 aromatic rings. The molecule has 2 aliphatic heterocycles. The van der Waals surface area contributed by atoms with Gasteiger partial charge in [0.2, 0.25) is 0 Å². The third-order valence-electron chi connectivity index (χ3n) is 4.16. The zero-order valence-corrected chi connectivity index (χ0v) is 14.1. The van der Waals surface area contributed by atoms with Crippen molar-refractivity contribution in [1.29, 1.82) is 0 Å². The van der Waals surface area contributed by atoms with Gasteiger partial charge in [-0.3, -0.25) is 0 Å². The first-order valence-electron chi connectivity index (χ1n) is 8.09. The van der Waals surface area contributed by atoms with E-state index in [1.165, 1.54) is 0 Å². The van der Waals surface area contributed by atoms with E-state index in [0.29, 0.717) is 13.2 Å². The van der Waals surface area contributed by atoms with E-state index in [9.17, 15) is 0 Å². The van der Waals surface area contributed by atoms with Gasteiger partial charge in [0.15, 0.2) is 35.2 Å². The molecule has 0 saturated carbocycles. The summed E-state index contributed by atoms with van der Waals surface area (Å²) in [6.07, 6.45) is -0.415. The quantitative estimate of drug-likeness (QED) is 0.692. The Morgan fingerprint density at radius 2 is 1.32 bits per heavy atom. The summed E-state index contributed by atoms with van der Waals surface area (Å²) in [5, 5.41) is 2.88. The fraction of sp³-hybridized carbons (Fsp3) is 0.211. The van der Waals surface area contributed by atoms with Gasteiger partial charge in [0, 0.05) is 5.38 Å². The zero-order valence-electron chi connectivity index (χ0n) is 13.3. The van der Waals surface area contributed by atoms with Crippen molar-refractivity contribution in [3.63, 3.8) is 0 Å². The number of para-hydroxylation sites is 4. The lowest BCUT2D eigenvalue weighted by Gasteiger charge is -2.26. The maximum absolute atomic E-state index is 6.03. The van der Waals surface area contributed by atoms with Crippen molar-refractivity contribution >= 4 is 11.3 Å². The van der Waals surface area contributed by atoms with Crippen LogP contribution in [0, 0.1) is 0 Å². The number of aromatic nitrogens is 1. The highest BCUT2D eigenvalue weighted by atomic mass is 32.1. The molecule has 25 heavy (non-hydrogen) atoms. The molecular formula is C19H15NO4S. The molecule has 0 aliphatic carbocycles. The lowest BCUT2D eigenvalue weighted by Crippen LogP contribution is -2.23. The van der Waals surface area contributed by atoms with Gasteiger partial charge >= 0.3 is 0 Å². The number of hydrogen-bond donors (Lipinski definition) is 0. The van der Waals surface area contributed by atoms with Crippen LogP contribution in [0.15, 0.2) is 53.9 Å². The Morgan fingerprint density at radius 1 is 0.760 bits per heavy atom. The Morgan fingerprint density at radius 3 is 2.00 bits per heavy atom. The Hall–Kier alpha value is -2.73. The largest absolute Gasteiger partial charge is 0.485 e. The van der Waals surface area contributed by atoms with Gasteiger partial charge < -0.3 is 18.9 Å². The lowest BCUT2D eigenvalue weighted by molar-refractivity contribution is 0.0835. The standard InChI is InChI=1S/C19H15NO4S/c1-3-7-15-13(5-1)21-9-17(23-15)12-11-25-19(20-12)18-10-22-14-6-2-4-8-16(14)24-18/h1-8,11,17-18H,9-10H2. The van der Waals surface area contributed by atoms with Crippen molar-refractivity contribution in [3.05, 3.63) is 64.6 Å². The summed E-state index contributed by atoms with van der Waals surface area (Å²) in [4.78, 5) is 4.71. The van der Waals surface area contributed by atoms with E-state index in [4.69, 9.17) is 23.9 Å². The van der Waals surface area contributed by atoms with Crippen molar-refractivity contribution in [2.45, 2.75) is 12.2 Å². The van der Waals surface area contributed by atoms with Gasteiger partial charge in [-0.1, -0.05) is 24.3 Å². The van der Waals surface area contributed by atoms with Gasteiger partial charge in [-0.05, 0) is 24.3 Å². The Balaban J connectivity index is 1.35. The van der Waals surface area contributed by atoms with E-state index < -0.39 is 0 Å². The zero-order chi connectivity index (χ0) is 16.6. The van der Waals surface area contributed by atoms with Crippen LogP contribution in [0.2, 0.25) is 0 Å². The second-order valence-electron chi connectivity index (χ2n) is 5.84. The maximum atomic E-state index is 6.03. The van der Waals surface area contributed by atoms with Crippen LogP contribution in [0.25, 0.3) is 0 Å². The maximum Gasteiger partial charge on any atom is 0.184 e. The Bertz CT molecular complexity index is 838. The summed E-state index contributed by atoms with van der Waals surface area (Å²) >= 11 is 1.55. The summed E-state index contributed by atoms with van der Waals surface area (Å²) in [5.74, 6) is 3.05. The first-order valence-corrected chi connectivity index (χ1v) is 8.97. The molecule has 0 amide bonds. The third-order valence-corrected chi connectivity index (χ3v) is 5.12. The van der Waals surface area contributed by atoms with E-state index in [0.717, 1.165) is 33.7 Å². The topological polar surface area (TPSA) is 49.8 Å². The monoisotopic (exact) mass is 353 g/mol. The van der Waals surface area contributed by atoms with Crippen LogP contribution < -0.4 is 18.9 Å². The lowest BCUT2D eigenvalue weighted by atomic mass is 10.2. The van der Waals surface area contributed by atoms with E-state index in [2.05, 4.69) is 0 Å². The van der Waals surface area contributed by atoms with Gasteiger partial charge in [-0.2, -0.15) is 0 Å². The van der Waals surface area contributed by atoms with Crippen molar-refractivity contribution in [2.24, 2.45) is 0 Å². The van der Waals surface area contributed by atoms with E-state index in [-0.39, 0.29) is 12.2 Å². The molecule has 2 atom stereocenters. The number of ether oxygens (including phenoxy) is 4. The average molecular weight is 353 g/mol. The van der Waals surface area contributed by atoms with Crippen LogP contribution >= 0.6 is 11.3 Å². The highest BCUT2D eigenvalue weighted by molar-refractivity contribution is 7.09. The first kappa shape index (κ1) is 14.6. The van der Waals surface area contributed by atoms with Crippen molar-refractivity contribution in [2.75, 3.05) is 13.2 Å². The minimum Gasteiger partial charge on any atom is -0.485 e. The van der Waals surface area contributed by atoms with Crippen molar-refractivity contribution in [3.8, 4) is 23.0 Å². The van der Waals surface area contributed by atoms with Crippen molar-refractivity contribution in [1.82, 2.24) is 4.98 Å². The second kappa shape index (κ2) is 5.97. The fourth-order valence-electron chi connectivity index (χ4n) is 2.90. The molecule has 0 saturated heterocycles. The molecule has 2 aromatic carbocycles. The van der Waals surface area contributed by atoms with Crippen LogP contribution in [0.5, 0.6) is 23.0 Å². The first-order chi connectivity index (χ1) is 12.4. The predicted octanol–water partition coefficient (Wildman–Crippen LogP) is 4.17. The number of nitrogens with zero attached hydrogens (tertiary/aromatic N) is 1. The molecule has 126 valence electrons. The molecule has 0 fully saturated rings. The summed E-state index contributed by atoms with van der Waals surface area (Å²) in [7, 11) is 0. The molecule has 0 N–H and O–H groups in total. The van der Waals surface area contributed by atoms with Crippen LogP contribution in [-0.2, 0) is 0 Å². The number of thiazole rings is 1. The van der Waals surface area contributed by atoms with Gasteiger partial charge in [0.25, 0.3) is 0 Å². The Labute approximate surface area is 148 Å². The van der Waals surface area contributed by atoms with Crippen molar-refractivity contribution < 1.29 is 18.9 Å². The Kier molecular flexibility index (Phi) is 3.48. The number of fused-ring (bicyclic) bond motifs is 2. The molecule has 5 rings (SSSR count). The van der Waals surface area contributed by atoms with Gasteiger partial charge in [0.05, 0.1) is 5.69 Å². The summed E-state index contributed by atoms with van der Waals surface area (Å²) < 4.78 is 23.6. The number of hydrogen-bond acceptors (Lipinski definition) is 6. The smallest absolute Gasteiger partial charge is 0.184 e. The van der Waals surface area contributed by atoms with E-state index in [1.54, 1.807) is 11.3 Å². The molecular weight excluding hydrogens is 338 g/mol. The summed E-state index contributed by atoms with van der Waals surface area (Å²) in [6.45, 7) is 0.903. The van der Waals surface area contributed by atoms with Crippen LogP contribution in [0.1, 0.15) is 22.9 Å². The molecule has 0 bridgehead atoms. The fourth-order valence-corrected chi connectivity index (χ4v) is 3.77. The normalized spacial score (nSPS) is 21.0. The molecule has 0 radical (unpaired) electrons. The van der Waals surface area contributed by atoms with Gasteiger partial charge in [0.1, 0.15) is 18.2 Å². The molecule has 1 aromatic heterocycles. The summed E-state index contributed by atoms with van der Waals surface area (Å²) in [5.41, 5.74) is 0.858. The SMILES string of the molecule is c1ccc2c(c1)OCC(c1csc(C3COc4ccccc4O3)n1)O2. The third kappa shape index (κ3) is 2.68. The van der Waals surface area contributed by atoms with E-state index >= 15 is 0 Å². The molecule has 2 aliphatic rings. The van der Waals surface area contributed by atoms with Crippen LogP contribution in [-0.4, -0.2) is 18.2 Å².